The molecule has 0 aliphatic heterocycles. The Morgan fingerprint density at radius 1 is 1.00 bits per heavy atom. The molecule has 0 fully saturated rings. The van der Waals surface area contributed by atoms with E-state index in [1.165, 1.54) is 12.7 Å². The summed E-state index contributed by atoms with van der Waals surface area (Å²) in [6.45, 7) is 3.10. The first kappa shape index (κ1) is 19.2. The number of esters is 1. The lowest BCUT2D eigenvalue weighted by Gasteiger charge is -2.22. The first-order valence-corrected chi connectivity index (χ1v) is 7.36. The van der Waals surface area contributed by atoms with Crippen molar-refractivity contribution in [1.82, 2.24) is 4.90 Å². The largest absolute Gasteiger partial charge is 0.465 e. The van der Waals surface area contributed by atoms with E-state index in [2.05, 4.69) is 17.0 Å². The summed E-state index contributed by atoms with van der Waals surface area (Å²) in [4.78, 5) is 13.7. The summed E-state index contributed by atoms with van der Waals surface area (Å²) in [5, 5.41) is 0. The second kappa shape index (κ2) is 10.0. The van der Waals surface area contributed by atoms with Crippen molar-refractivity contribution in [2.24, 2.45) is 5.73 Å². The average molecular weight is 335 g/mol. The molecule has 0 unspecified atom stereocenters. The second-order valence-corrected chi connectivity index (χ2v) is 5.17. The summed E-state index contributed by atoms with van der Waals surface area (Å²) in [7, 11) is 1.39. The molecule has 0 saturated carbocycles. The molecule has 23 heavy (non-hydrogen) atoms. The number of benzene rings is 2. The van der Waals surface area contributed by atoms with Gasteiger partial charge in [0.2, 0.25) is 0 Å². The predicted octanol–water partition coefficient (Wildman–Crippen LogP) is 2.86. The van der Waals surface area contributed by atoms with Gasteiger partial charge in [-0.15, -0.1) is 12.4 Å². The molecule has 2 rings (SSSR count). The molecule has 124 valence electrons. The van der Waals surface area contributed by atoms with Crippen molar-refractivity contribution in [3.05, 3.63) is 71.3 Å². The Hall–Kier alpha value is -1.88. The van der Waals surface area contributed by atoms with Gasteiger partial charge in [-0.3, -0.25) is 4.90 Å². The Labute approximate surface area is 143 Å². The molecule has 2 aromatic carbocycles. The van der Waals surface area contributed by atoms with Gasteiger partial charge in [0.05, 0.1) is 12.7 Å². The van der Waals surface area contributed by atoms with Gasteiger partial charge in [0, 0.05) is 26.2 Å². The van der Waals surface area contributed by atoms with Gasteiger partial charge in [-0.1, -0.05) is 42.5 Å². The van der Waals surface area contributed by atoms with E-state index in [4.69, 9.17) is 10.5 Å². The van der Waals surface area contributed by atoms with Crippen LogP contribution >= 0.6 is 12.4 Å². The SMILES string of the molecule is COC(=O)c1ccc(CN(CCN)Cc2ccccc2)cc1.Cl. The second-order valence-electron chi connectivity index (χ2n) is 5.17. The van der Waals surface area contributed by atoms with Gasteiger partial charge in [0.25, 0.3) is 0 Å². The van der Waals surface area contributed by atoms with Gasteiger partial charge in [-0.05, 0) is 23.3 Å². The minimum absolute atomic E-state index is 0. The van der Waals surface area contributed by atoms with Crippen molar-refractivity contribution in [2.45, 2.75) is 13.1 Å². The quantitative estimate of drug-likeness (QED) is 0.791. The minimum Gasteiger partial charge on any atom is -0.465 e. The maximum atomic E-state index is 11.4. The molecular weight excluding hydrogens is 312 g/mol. The third-order valence-corrected chi connectivity index (χ3v) is 3.48. The van der Waals surface area contributed by atoms with Gasteiger partial charge in [0.1, 0.15) is 0 Å². The van der Waals surface area contributed by atoms with Crippen LogP contribution in [0.15, 0.2) is 54.6 Å². The van der Waals surface area contributed by atoms with Crippen molar-refractivity contribution in [2.75, 3.05) is 20.2 Å². The first-order valence-electron chi connectivity index (χ1n) is 7.36. The van der Waals surface area contributed by atoms with Gasteiger partial charge in [-0.2, -0.15) is 0 Å². The van der Waals surface area contributed by atoms with E-state index in [9.17, 15) is 4.79 Å². The summed E-state index contributed by atoms with van der Waals surface area (Å²) < 4.78 is 4.71. The number of methoxy groups -OCH3 is 1. The molecular formula is C18H23ClN2O2. The fourth-order valence-corrected chi connectivity index (χ4v) is 2.36. The van der Waals surface area contributed by atoms with Crippen LogP contribution in [0.4, 0.5) is 0 Å². The number of carbonyl (C=O) groups is 1. The fourth-order valence-electron chi connectivity index (χ4n) is 2.36. The highest BCUT2D eigenvalue weighted by Crippen LogP contribution is 2.11. The number of nitrogens with zero attached hydrogens (tertiary/aromatic N) is 1. The monoisotopic (exact) mass is 334 g/mol. The molecule has 0 aliphatic carbocycles. The molecule has 0 saturated heterocycles. The molecule has 0 aromatic heterocycles. The molecule has 5 heteroatoms. The van der Waals surface area contributed by atoms with Crippen molar-refractivity contribution in [3.8, 4) is 0 Å². The van der Waals surface area contributed by atoms with Gasteiger partial charge in [0.15, 0.2) is 0 Å². The molecule has 0 heterocycles. The van der Waals surface area contributed by atoms with E-state index >= 15 is 0 Å². The van der Waals surface area contributed by atoms with E-state index in [0.29, 0.717) is 12.1 Å². The number of rotatable bonds is 7. The Balaban J connectivity index is 0.00000264. The molecule has 0 atom stereocenters. The Kier molecular flexibility index (Phi) is 8.33. The summed E-state index contributed by atoms with van der Waals surface area (Å²) in [6.07, 6.45) is 0. The normalized spacial score (nSPS) is 10.2. The summed E-state index contributed by atoms with van der Waals surface area (Å²) in [5.74, 6) is -0.311. The third-order valence-electron chi connectivity index (χ3n) is 3.48. The van der Waals surface area contributed by atoms with Crippen molar-refractivity contribution >= 4 is 18.4 Å². The van der Waals surface area contributed by atoms with Crippen LogP contribution in [0.2, 0.25) is 0 Å². The van der Waals surface area contributed by atoms with Crippen LogP contribution in [0.5, 0.6) is 0 Å². The molecule has 4 nitrogen and oxygen atoms in total. The lowest BCUT2D eigenvalue weighted by Crippen LogP contribution is -2.28. The standard InChI is InChI=1S/C18H22N2O2.ClH/c1-22-18(21)17-9-7-16(8-10-17)14-20(12-11-19)13-15-5-3-2-4-6-15;/h2-10H,11-14,19H2,1H3;1H. The van der Waals surface area contributed by atoms with Crippen molar-refractivity contribution in [3.63, 3.8) is 0 Å². The number of nitrogens with two attached hydrogens (primary N) is 1. The topological polar surface area (TPSA) is 55.6 Å². The fraction of sp³-hybridized carbons (Fsp3) is 0.278. The van der Waals surface area contributed by atoms with Gasteiger partial charge in [-0.25, -0.2) is 4.79 Å². The highest BCUT2D eigenvalue weighted by Gasteiger charge is 2.08. The van der Waals surface area contributed by atoms with Crippen LogP contribution < -0.4 is 5.73 Å². The van der Waals surface area contributed by atoms with Gasteiger partial charge < -0.3 is 10.5 Å². The first-order chi connectivity index (χ1) is 10.7. The molecule has 0 amide bonds. The summed E-state index contributed by atoms with van der Waals surface area (Å²) in [5.41, 5.74) is 8.70. The van der Waals surface area contributed by atoms with Crippen LogP contribution in [0.1, 0.15) is 21.5 Å². The average Bonchev–Trinajstić information content (AvgIpc) is 2.56. The van der Waals surface area contributed by atoms with Crippen molar-refractivity contribution < 1.29 is 9.53 Å². The molecule has 0 radical (unpaired) electrons. The smallest absolute Gasteiger partial charge is 0.337 e. The van der Waals surface area contributed by atoms with Crippen LogP contribution in [-0.2, 0) is 17.8 Å². The van der Waals surface area contributed by atoms with Crippen LogP contribution in [0.25, 0.3) is 0 Å². The van der Waals surface area contributed by atoms with E-state index < -0.39 is 0 Å². The third kappa shape index (κ3) is 6.02. The van der Waals surface area contributed by atoms with E-state index in [1.54, 1.807) is 12.1 Å². The van der Waals surface area contributed by atoms with Crippen LogP contribution in [0.3, 0.4) is 0 Å². The molecule has 0 bridgehead atoms. The number of halogens is 1. The zero-order chi connectivity index (χ0) is 15.8. The Morgan fingerprint density at radius 3 is 2.09 bits per heavy atom. The van der Waals surface area contributed by atoms with E-state index in [0.717, 1.165) is 25.2 Å². The predicted molar refractivity (Wildman–Crippen MR) is 94.6 cm³/mol. The Morgan fingerprint density at radius 2 is 1.57 bits per heavy atom. The summed E-state index contributed by atoms with van der Waals surface area (Å²) in [6, 6.07) is 17.8. The number of hydrogen-bond acceptors (Lipinski definition) is 4. The minimum atomic E-state index is -0.311. The van der Waals surface area contributed by atoms with E-state index in [-0.39, 0.29) is 18.4 Å². The maximum absolute atomic E-state index is 11.4. The molecule has 2 N–H and O–H groups in total. The van der Waals surface area contributed by atoms with Crippen LogP contribution in [0, 0.1) is 0 Å². The van der Waals surface area contributed by atoms with Gasteiger partial charge >= 0.3 is 5.97 Å². The van der Waals surface area contributed by atoms with Crippen molar-refractivity contribution in [1.29, 1.82) is 0 Å². The lowest BCUT2D eigenvalue weighted by molar-refractivity contribution is 0.0600. The molecule has 0 aliphatic rings. The van der Waals surface area contributed by atoms with Crippen LogP contribution in [-0.4, -0.2) is 31.1 Å². The number of hydrogen-bond donors (Lipinski definition) is 1. The molecule has 0 spiro atoms. The zero-order valence-corrected chi connectivity index (χ0v) is 14.1. The van der Waals surface area contributed by atoms with E-state index in [1.807, 2.05) is 30.3 Å². The zero-order valence-electron chi connectivity index (χ0n) is 13.3. The highest BCUT2D eigenvalue weighted by atomic mass is 35.5. The summed E-state index contributed by atoms with van der Waals surface area (Å²) >= 11 is 0. The maximum Gasteiger partial charge on any atom is 0.337 e. The number of carbonyl (C=O) groups excluding carboxylic acids is 1. The number of ether oxygens (including phenoxy) is 1. The molecule has 2 aromatic rings. The lowest BCUT2D eigenvalue weighted by atomic mass is 10.1. The Bertz CT molecular complexity index is 588. The highest BCUT2D eigenvalue weighted by molar-refractivity contribution is 5.89.